The van der Waals surface area contributed by atoms with Gasteiger partial charge in [0.1, 0.15) is 0 Å². The molecule has 162 valence electrons. The van der Waals surface area contributed by atoms with Crippen LogP contribution in [0.4, 0.5) is 16.5 Å². The Morgan fingerprint density at radius 3 is 2.41 bits per heavy atom. The molecule has 11 heteroatoms. The minimum absolute atomic E-state index is 0.0318. The summed E-state index contributed by atoms with van der Waals surface area (Å²) in [5.41, 5.74) is 2.09. The summed E-state index contributed by atoms with van der Waals surface area (Å²) in [5.74, 6) is -1.44. The fraction of sp³-hybridized carbons (Fsp3) is 0.0952. The Labute approximate surface area is 196 Å². The van der Waals surface area contributed by atoms with Gasteiger partial charge >= 0.3 is 5.91 Å². The third kappa shape index (κ3) is 5.16. The second kappa shape index (κ2) is 9.51. The quantitative estimate of drug-likeness (QED) is 0.405. The van der Waals surface area contributed by atoms with Crippen LogP contribution in [0.3, 0.4) is 0 Å². The second-order valence-corrected chi connectivity index (χ2v) is 8.88. The summed E-state index contributed by atoms with van der Waals surface area (Å²) in [6.07, 6.45) is 0.0318. The first-order chi connectivity index (χ1) is 15.4. The molecule has 2 aromatic carbocycles. The predicted molar refractivity (Wildman–Crippen MR) is 125 cm³/mol. The lowest BCUT2D eigenvalue weighted by molar-refractivity contribution is -0.133. The lowest BCUT2D eigenvalue weighted by Crippen LogP contribution is -2.23. The van der Waals surface area contributed by atoms with Crippen LogP contribution >= 0.6 is 34.9 Å². The molecule has 0 bridgehead atoms. The van der Waals surface area contributed by atoms with E-state index in [0.717, 1.165) is 11.9 Å². The molecule has 0 atom stereocenters. The molecule has 1 saturated heterocycles. The van der Waals surface area contributed by atoms with Crippen molar-refractivity contribution in [2.45, 2.75) is 6.42 Å². The molecule has 1 aliphatic rings. The van der Waals surface area contributed by atoms with Gasteiger partial charge in [-0.1, -0.05) is 11.6 Å². The van der Waals surface area contributed by atoms with E-state index in [0.29, 0.717) is 32.8 Å². The molecule has 3 aromatic rings. The molecule has 0 saturated carbocycles. The first-order valence-corrected chi connectivity index (χ1v) is 11.5. The zero-order chi connectivity index (χ0) is 22.7. The monoisotopic (exact) mass is 486 g/mol. The highest BCUT2D eigenvalue weighted by molar-refractivity contribution is 8.03. The zero-order valence-electron chi connectivity index (χ0n) is 16.3. The van der Waals surface area contributed by atoms with Crippen molar-refractivity contribution in [3.05, 3.63) is 70.2 Å². The molecule has 8 nitrogen and oxygen atoms in total. The molecule has 32 heavy (non-hydrogen) atoms. The second-order valence-electron chi connectivity index (χ2n) is 6.67. The molecule has 2 heterocycles. The summed E-state index contributed by atoms with van der Waals surface area (Å²) in [7, 11) is 0. The normalized spacial score (nSPS) is 13.3. The molecule has 1 aliphatic heterocycles. The molecular formula is C21H15ClN4O4S2. The minimum Gasteiger partial charge on any atom is -0.326 e. The van der Waals surface area contributed by atoms with Crippen molar-refractivity contribution in [1.29, 1.82) is 0 Å². The van der Waals surface area contributed by atoms with Gasteiger partial charge < -0.3 is 5.32 Å². The molecule has 4 rings (SSSR count). The van der Waals surface area contributed by atoms with E-state index in [-0.39, 0.29) is 24.0 Å². The van der Waals surface area contributed by atoms with Crippen molar-refractivity contribution < 1.29 is 19.2 Å². The number of nitrogens with zero attached hydrogens (tertiary/aromatic N) is 2. The number of amides is 3. The van der Waals surface area contributed by atoms with Crippen molar-refractivity contribution in [1.82, 2.24) is 4.98 Å². The molecule has 3 amide bonds. The Morgan fingerprint density at radius 2 is 1.75 bits per heavy atom. The maximum Gasteiger partial charge on any atom is 0.305 e. The third-order valence-electron chi connectivity index (χ3n) is 4.35. The largest absolute Gasteiger partial charge is 0.326 e. The van der Waals surface area contributed by atoms with Gasteiger partial charge in [-0.25, -0.2) is 9.29 Å². The number of carbonyl (C=O) groups excluding carboxylic acids is 4. The van der Waals surface area contributed by atoms with Gasteiger partial charge in [0, 0.05) is 21.7 Å². The maximum atomic E-state index is 12.3. The van der Waals surface area contributed by atoms with E-state index >= 15 is 0 Å². The van der Waals surface area contributed by atoms with Crippen molar-refractivity contribution in [3.63, 3.8) is 0 Å². The Morgan fingerprint density at radius 1 is 1.03 bits per heavy atom. The SMILES string of the molecule is O=C(Cc1csc(NC(=O)c2ccc(Cl)cc2)n1)Nc1ccc(N2SCC(=O)C2=O)cc1. The number of rotatable bonds is 6. The molecule has 1 fully saturated rings. The van der Waals surface area contributed by atoms with Gasteiger partial charge in [-0.2, -0.15) is 0 Å². The molecular weight excluding hydrogens is 472 g/mol. The van der Waals surface area contributed by atoms with Gasteiger partial charge in [0.05, 0.1) is 23.6 Å². The fourth-order valence-electron chi connectivity index (χ4n) is 2.81. The number of nitrogens with one attached hydrogen (secondary N) is 2. The van der Waals surface area contributed by atoms with E-state index in [4.69, 9.17) is 11.6 Å². The number of Topliss-reactive ketones (excluding diaryl/α,β-unsaturated/α-hetero) is 1. The topological polar surface area (TPSA) is 108 Å². The smallest absolute Gasteiger partial charge is 0.305 e. The number of hydrogen-bond acceptors (Lipinski definition) is 7. The number of benzene rings is 2. The van der Waals surface area contributed by atoms with Crippen molar-refractivity contribution in [2.24, 2.45) is 0 Å². The number of aromatic nitrogens is 1. The Hall–Kier alpha value is -3.21. The Bertz CT molecular complexity index is 1200. The fourth-order valence-corrected chi connectivity index (χ4v) is 4.51. The van der Waals surface area contributed by atoms with Crippen molar-refractivity contribution >= 4 is 74.9 Å². The van der Waals surface area contributed by atoms with E-state index < -0.39 is 11.7 Å². The van der Waals surface area contributed by atoms with Gasteiger partial charge in [-0.05, 0) is 60.5 Å². The predicted octanol–water partition coefficient (Wildman–Crippen LogP) is 3.79. The molecule has 0 radical (unpaired) electrons. The molecule has 0 unspecified atom stereocenters. The highest BCUT2D eigenvalue weighted by atomic mass is 35.5. The van der Waals surface area contributed by atoms with Gasteiger partial charge in [0.2, 0.25) is 11.7 Å². The number of ketones is 1. The number of halogens is 1. The summed E-state index contributed by atoms with van der Waals surface area (Å²) in [5, 5.41) is 8.08. The molecule has 0 aliphatic carbocycles. The zero-order valence-corrected chi connectivity index (χ0v) is 18.7. The summed E-state index contributed by atoms with van der Waals surface area (Å²) in [4.78, 5) is 52.0. The van der Waals surface area contributed by atoms with E-state index in [2.05, 4.69) is 15.6 Å². The highest BCUT2D eigenvalue weighted by Crippen LogP contribution is 2.29. The Balaban J connectivity index is 1.31. The van der Waals surface area contributed by atoms with Crippen LogP contribution in [0.15, 0.2) is 53.9 Å². The summed E-state index contributed by atoms with van der Waals surface area (Å²) < 4.78 is 1.34. The minimum atomic E-state index is -0.547. The maximum absolute atomic E-state index is 12.3. The summed E-state index contributed by atoms with van der Waals surface area (Å²) >= 11 is 8.19. The number of thiazole rings is 1. The van der Waals surface area contributed by atoms with Crippen molar-refractivity contribution in [3.8, 4) is 0 Å². The van der Waals surface area contributed by atoms with Crippen LogP contribution < -0.4 is 14.9 Å². The van der Waals surface area contributed by atoms with Crippen molar-refractivity contribution in [2.75, 3.05) is 20.7 Å². The average molecular weight is 487 g/mol. The van der Waals surface area contributed by atoms with Crippen LogP contribution in [0, 0.1) is 0 Å². The Kier molecular flexibility index (Phi) is 6.54. The van der Waals surface area contributed by atoms with Gasteiger partial charge in [-0.3, -0.25) is 24.5 Å². The van der Waals surface area contributed by atoms with Gasteiger partial charge in [-0.15, -0.1) is 11.3 Å². The first-order valence-electron chi connectivity index (χ1n) is 9.30. The van der Waals surface area contributed by atoms with E-state index in [1.165, 1.54) is 15.6 Å². The van der Waals surface area contributed by atoms with E-state index in [1.54, 1.807) is 53.9 Å². The van der Waals surface area contributed by atoms with E-state index in [1.807, 2.05) is 0 Å². The summed E-state index contributed by atoms with van der Waals surface area (Å²) in [6.45, 7) is 0. The average Bonchev–Trinajstić information content (AvgIpc) is 3.35. The first kappa shape index (κ1) is 22.0. The van der Waals surface area contributed by atoms with Crippen LogP contribution in [-0.4, -0.2) is 34.2 Å². The molecule has 1 aromatic heterocycles. The van der Waals surface area contributed by atoms with Crippen LogP contribution in [0.2, 0.25) is 5.02 Å². The van der Waals surface area contributed by atoms with Crippen LogP contribution in [-0.2, 0) is 20.8 Å². The van der Waals surface area contributed by atoms with Gasteiger partial charge in [0.25, 0.3) is 5.91 Å². The lowest BCUT2D eigenvalue weighted by Gasteiger charge is -2.13. The number of anilines is 3. The number of carbonyl (C=O) groups is 4. The number of hydrogen-bond donors (Lipinski definition) is 2. The standard InChI is InChI=1S/C21H15ClN4O4S2/c22-13-3-1-12(2-4-13)19(29)25-21-24-15(10-31-21)9-18(28)23-14-5-7-16(8-6-14)26-20(30)17(27)11-32-26/h1-8,10H,9,11H2,(H,23,28)(H,24,25,29). The molecule has 2 N–H and O–H groups in total. The lowest BCUT2D eigenvalue weighted by atomic mass is 10.2. The molecule has 0 spiro atoms. The highest BCUT2D eigenvalue weighted by Gasteiger charge is 2.31. The van der Waals surface area contributed by atoms with Crippen LogP contribution in [0.5, 0.6) is 0 Å². The van der Waals surface area contributed by atoms with E-state index in [9.17, 15) is 19.2 Å². The van der Waals surface area contributed by atoms with Crippen LogP contribution in [0.1, 0.15) is 16.1 Å². The van der Waals surface area contributed by atoms with Crippen LogP contribution in [0.25, 0.3) is 0 Å². The third-order valence-corrected chi connectivity index (χ3v) is 6.44. The summed E-state index contributed by atoms with van der Waals surface area (Å²) in [6, 6.07) is 13.1. The van der Waals surface area contributed by atoms with Gasteiger partial charge in [0.15, 0.2) is 5.13 Å².